The van der Waals surface area contributed by atoms with Crippen molar-refractivity contribution in [1.82, 2.24) is 24.6 Å². The van der Waals surface area contributed by atoms with Gasteiger partial charge in [0.15, 0.2) is 0 Å². The first-order chi connectivity index (χ1) is 16.5. The summed E-state index contributed by atoms with van der Waals surface area (Å²) in [6.07, 6.45) is 8.34. The summed E-state index contributed by atoms with van der Waals surface area (Å²) in [6, 6.07) is 4.71. The molecule has 0 spiro atoms. The third kappa shape index (κ3) is 4.18. The molecule has 2 aliphatic heterocycles. The number of carbonyl (C=O) groups is 1. The molecule has 1 N–H and O–H groups in total. The van der Waals surface area contributed by atoms with E-state index in [0.717, 1.165) is 73.3 Å². The number of anilines is 1. The van der Waals surface area contributed by atoms with Gasteiger partial charge in [-0.3, -0.25) is 9.58 Å². The first-order valence-corrected chi connectivity index (χ1v) is 12.6. The first-order valence-electron chi connectivity index (χ1n) is 12.3. The molecule has 1 fully saturated rings. The topological polar surface area (TPSA) is 77.2 Å². The predicted molar refractivity (Wildman–Crippen MR) is 134 cm³/mol. The van der Waals surface area contributed by atoms with Gasteiger partial charge in [-0.05, 0) is 64.3 Å². The van der Waals surface area contributed by atoms with Crippen LogP contribution in [0.2, 0.25) is 5.02 Å². The van der Waals surface area contributed by atoms with E-state index in [1.54, 1.807) is 11.1 Å². The minimum absolute atomic E-state index is 0.0929. The van der Waals surface area contributed by atoms with E-state index in [0.29, 0.717) is 17.6 Å². The molecule has 34 heavy (non-hydrogen) atoms. The molecular weight excluding hydrogens is 452 g/mol. The second-order valence-electron chi connectivity index (χ2n) is 9.62. The molecule has 3 aromatic rings. The zero-order chi connectivity index (χ0) is 23.8. The van der Waals surface area contributed by atoms with Crippen molar-refractivity contribution in [2.45, 2.75) is 70.5 Å². The van der Waals surface area contributed by atoms with Gasteiger partial charge in [-0.1, -0.05) is 18.5 Å². The summed E-state index contributed by atoms with van der Waals surface area (Å²) in [6.45, 7) is 7.04. The maximum Gasteiger partial charge on any atom is 0.414 e. The lowest BCUT2D eigenvalue weighted by Crippen LogP contribution is -2.42. The van der Waals surface area contributed by atoms with E-state index in [-0.39, 0.29) is 18.1 Å². The Morgan fingerprint density at radius 2 is 2.15 bits per heavy atom. The lowest BCUT2D eigenvalue weighted by molar-refractivity contribution is 0.175. The van der Waals surface area contributed by atoms with Gasteiger partial charge in [0.2, 0.25) is 0 Å². The van der Waals surface area contributed by atoms with Crippen molar-refractivity contribution in [1.29, 1.82) is 0 Å². The van der Waals surface area contributed by atoms with Gasteiger partial charge in [-0.25, -0.2) is 9.78 Å². The third-order valence-electron chi connectivity index (χ3n) is 7.27. The van der Waals surface area contributed by atoms with E-state index in [9.17, 15) is 4.79 Å². The van der Waals surface area contributed by atoms with Crippen LogP contribution in [-0.4, -0.2) is 51.7 Å². The Balaban J connectivity index is 1.63. The van der Waals surface area contributed by atoms with Gasteiger partial charge in [0.25, 0.3) is 0 Å². The minimum atomic E-state index is -0.314. The molecule has 0 bridgehead atoms. The van der Waals surface area contributed by atoms with Crippen LogP contribution in [0.1, 0.15) is 62.9 Å². The summed E-state index contributed by atoms with van der Waals surface area (Å²) in [5.41, 5.74) is 4.23. The van der Waals surface area contributed by atoms with Crippen LogP contribution in [0.25, 0.3) is 11.0 Å². The highest BCUT2D eigenvalue weighted by molar-refractivity contribution is 6.30. The van der Waals surface area contributed by atoms with E-state index in [4.69, 9.17) is 21.3 Å². The predicted octanol–water partition coefficient (Wildman–Crippen LogP) is 4.91. The SMILES string of the molecule is COC(=O)N1c2ccc3c(nc([C@@H](C)Cn4cc(Cl)cn4)n3[C@H]3CCCNCC3)c2CC[C@@H]1C. The molecule has 3 atom stereocenters. The van der Waals surface area contributed by atoms with Gasteiger partial charge in [0.1, 0.15) is 5.82 Å². The zero-order valence-corrected chi connectivity index (χ0v) is 20.9. The Hall–Kier alpha value is -2.58. The number of rotatable bonds is 4. The second kappa shape index (κ2) is 9.58. The number of benzene rings is 1. The van der Waals surface area contributed by atoms with Crippen LogP contribution < -0.4 is 10.2 Å². The summed E-state index contributed by atoms with van der Waals surface area (Å²) in [7, 11) is 1.44. The maximum atomic E-state index is 12.6. The second-order valence-corrected chi connectivity index (χ2v) is 10.1. The molecule has 0 aliphatic carbocycles. The molecule has 2 aliphatic rings. The molecule has 0 radical (unpaired) electrons. The fourth-order valence-electron chi connectivity index (χ4n) is 5.58. The quantitative estimate of drug-likeness (QED) is 0.569. The highest BCUT2D eigenvalue weighted by Crippen LogP contribution is 2.39. The van der Waals surface area contributed by atoms with Gasteiger partial charge in [0, 0.05) is 29.8 Å². The number of ether oxygens (including phenoxy) is 1. The number of nitrogens with one attached hydrogen (secondary N) is 1. The van der Waals surface area contributed by atoms with Crippen molar-refractivity contribution in [3.05, 3.63) is 40.9 Å². The van der Waals surface area contributed by atoms with E-state index in [2.05, 4.69) is 41.0 Å². The first kappa shape index (κ1) is 23.2. The van der Waals surface area contributed by atoms with Crippen LogP contribution in [0, 0.1) is 0 Å². The van der Waals surface area contributed by atoms with Gasteiger partial charge in [-0.2, -0.15) is 5.10 Å². The molecule has 4 heterocycles. The number of hydrogen-bond donors (Lipinski definition) is 1. The van der Waals surface area contributed by atoms with E-state index >= 15 is 0 Å². The van der Waals surface area contributed by atoms with Crippen molar-refractivity contribution in [2.24, 2.45) is 0 Å². The highest BCUT2D eigenvalue weighted by atomic mass is 35.5. The number of nitrogens with zero attached hydrogens (tertiary/aromatic N) is 5. The Bertz CT molecular complexity index is 1180. The fourth-order valence-corrected chi connectivity index (χ4v) is 5.74. The maximum absolute atomic E-state index is 12.6. The molecule has 1 amide bonds. The lowest BCUT2D eigenvalue weighted by atomic mass is 9.95. The number of carbonyl (C=O) groups excluding carboxylic acids is 1. The van der Waals surface area contributed by atoms with Crippen molar-refractivity contribution in [3.63, 3.8) is 0 Å². The van der Waals surface area contributed by atoms with Gasteiger partial charge in [-0.15, -0.1) is 0 Å². The fraction of sp³-hybridized carbons (Fsp3) is 0.560. The van der Waals surface area contributed by atoms with E-state index in [1.165, 1.54) is 7.11 Å². The Kier molecular flexibility index (Phi) is 6.53. The number of hydrogen-bond acceptors (Lipinski definition) is 5. The summed E-state index contributed by atoms with van der Waals surface area (Å²) in [5.74, 6) is 1.22. The van der Waals surface area contributed by atoms with Gasteiger partial charge < -0.3 is 14.6 Å². The average Bonchev–Trinajstić information content (AvgIpc) is 3.31. The van der Waals surface area contributed by atoms with Crippen LogP contribution in [0.15, 0.2) is 24.5 Å². The van der Waals surface area contributed by atoms with Crippen LogP contribution in [0.4, 0.5) is 10.5 Å². The Labute approximate surface area is 205 Å². The molecule has 0 saturated carbocycles. The van der Waals surface area contributed by atoms with Crippen LogP contribution in [-0.2, 0) is 17.7 Å². The third-order valence-corrected chi connectivity index (χ3v) is 7.46. The van der Waals surface area contributed by atoms with Crippen molar-refractivity contribution >= 4 is 34.4 Å². The normalized spacial score (nSPS) is 21.8. The monoisotopic (exact) mass is 484 g/mol. The Morgan fingerprint density at radius 3 is 2.91 bits per heavy atom. The molecule has 5 rings (SSSR count). The highest BCUT2D eigenvalue weighted by Gasteiger charge is 2.33. The number of methoxy groups -OCH3 is 1. The van der Waals surface area contributed by atoms with Gasteiger partial charge >= 0.3 is 6.09 Å². The summed E-state index contributed by atoms with van der Waals surface area (Å²) in [5, 5.41) is 8.57. The van der Waals surface area contributed by atoms with E-state index < -0.39 is 0 Å². The zero-order valence-electron chi connectivity index (χ0n) is 20.1. The Morgan fingerprint density at radius 1 is 1.29 bits per heavy atom. The molecule has 1 saturated heterocycles. The summed E-state index contributed by atoms with van der Waals surface area (Å²) >= 11 is 6.11. The molecule has 182 valence electrons. The van der Waals surface area contributed by atoms with Crippen LogP contribution in [0.3, 0.4) is 0 Å². The molecule has 1 aromatic carbocycles. The van der Waals surface area contributed by atoms with Crippen LogP contribution in [0.5, 0.6) is 0 Å². The van der Waals surface area contributed by atoms with Crippen molar-refractivity contribution in [3.8, 4) is 0 Å². The number of fused-ring (bicyclic) bond motifs is 3. The van der Waals surface area contributed by atoms with E-state index in [1.807, 2.05) is 10.9 Å². The minimum Gasteiger partial charge on any atom is -0.452 e. The van der Waals surface area contributed by atoms with Crippen molar-refractivity contribution in [2.75, 3.05) is 25.1 Å². The van der Waals surface area contributed by atoms with Crippen LogP contribution >= 0.6 is 11.6 Å². The standard InChI is InChI=1S/C25H33ClN6O2/c1-16(14-30-15-18(26)13-28-30)24-29-23-20-7-6-17(2)31(25(33)34-3)21(20)8-9-22(23)32(24)19-5-4-11-27-12-10-19/h8-9,13,15-17,19,27H,4-7,10-12,14H2,1-3H3/t16-,17-,19-/m0/s1. The summed E-state index contributed by atoms with van der Waals surface area (Å²) in [4.78, 5) is 19.6. The number of amides is 1. The largest absolute Gasteiger partial charge is 0.452 e. The number of imidazole rings is 1. The van der Waals surface area contributed by atoms with Crippen molar-refractivity contribution < 1.29 is 9.53 Å². The molecule has 8 nitrogen and oxygen atoms in total. The summed E-state index contributed by atoms with van der Waals surface area (Å²) < 4.78 is 9.47. The number of aromatic nitrogens is 4. The molecule has 9 heteroatoms. The molecular formula is C25H33ClN6O2. The smallest absolute Gasteiger partial charge is 0.414 e. The number of aryl methyl sites for hydroxylation is 1. The molecule has 2 aromatic heterocycles. The number of halogens is 1. The lowest BCUT2D eigenvalue weighted by Gasteiger charge is -2.34. The molecule has 0 unspecified atom stereocenters. The average molecular weight is 485 g/mol. The van der Waals surface area contributed by atoms with Gasteiger partial charge in [0.05, 0.1) is 41.6 Å².